The first-order valence-electron chi connectivity index (χ1n) is 5.19. The highest BCUT2D eigenvalue weighted by atomic mass is 35.7. The molecule has 0 aliphatic rings. The van der Waals surface area contributed by atoms with Gasteiger partial charge in [-0.1, -0.05) is 11.4 Å². The summed E-state index contributed by atoms with van der Waals surface area (Å²) in [5.41, 5.74) is 9.12. The lowest BCUT2D eigenvalue weighted by atomic mass is 10.1. The highest BCUT2D eigenvalue weighted by Gasteiger charge is 2.19. The van der Waals surface area contributed by atoms with Crippen molar-refractivity contribution in [3.05, 3.63) is 17.0 Å². The maximum atomic E-state index is 8.49. The van der Waals surface area contributed by atoms with Crippen LogP contribution in [0.15, 0.2) is 0 Å². The Balaban J connectivity index is 0.000000312. The van der Waals surface area contributed by atoms with Crippen LogP contribution >= 0.6 is 11.3 Å². The highest BCUT2D eigenvalue weighted by Crippen LogP contribution is 2.15. The largest absolute Gasteiger partial charge is 0.411 e. The topological polar surface area (TPSA) is 148 Å². The molecule has 0 radical (unpaired) electrons. The lowest BCUT2D eigenvalue weighted by Crippen LogP contribution is -2.68. The van der Waals surface area contributed by atoms with Crippen LogP contribution in [0.25, 0.3) is 4.96 Å². The molecule has 2 aromatic rings. The Morgan fingerprint density at radius 3 is 2.26 bits per heavy atom. The molecule has 2 N–H and O–H groups in total. The van der Waals surface area contributed by atoms with Crippen LogP contribution in [0.5, 0.6) is 0 Å². The lowest BCUT2D eigenvalue weighted by molar-refractivity contribution is -2.00. The normalized spacial score (nSPS) is 11.3. The quantitative estimate of drug-likeness (QED) is 0.532. The van der Waals surface area contributed by atoms with E-state index < -0.39 is 10.2 Å². The van der Waals surface area contributed by atoms with Crippen molar-refractivity contribution >= 4 is 21.4 Å². The minimum absolute atomic E-state index is 0.563. The second-order valence-electron chi connectivity index (χ2n) is 3.63. The first-order valence-corrected chi connectivity index (χ1v) is 7.24. The average molecular weight is 309 g/mol. The molecule has 19 heavy (non-hydrogen) atoms. The van der Waals surface area contributed by atoms with Crippen molar-refractivity contribution in [1.29, 1.82) is 0 Å². The molecule has 0 aliphatic carbocycles. The first-order chi connectivity index (χ1) is 8.63. The Labute approximate surface area is 115 Å². The van der Waals surface area contributed by atoms with Gasteiger partial charge in [0.1, 0.15) is 5.69 Å². The van der Waals surface area contributed by atoms with E-state index in [1.54, 1.807) is 0 Å². The van der Waals surface area contributed by atoms with Crippen LogP contribution in [0.4, 0.5) is 5.13 Å². The summed E-state index contributed by atoms with van der Waals surface area (Å²) in [5, 5.41) is 4.78. The van der Waals surface area contributed by atoms with Crippen LogP contribution in [0.3, 0.4) is 0 Å². The van der Waals surface area contributed by atoms with Gasteiger partial charge in [-0.25, -0.2) is 18.6 Å². The molecule has 0 fully saturated rings. The second-order valence-corrected chi connectivity index (χ2v) is 5.37. The van der Waals surface area contributed by atoms with Crippen LogP contribution in [0, 0.1) is 24.1 Å². The third-order valence-corrected chi connectivity index (χ3v) is 3.12. The van der Waals surface area contributed by atoms with Gasteiger partial charge in [0.05, 0.1) is 0 Å². The van der Waals surface area contributed by atoms with Crippen molar-refractivity contribution < 1.29 is 33.4 Å². The zero-order valence-electron chi connectivity index (χ0n) is 10.5. The number of aryl methyl sites for hydroxylation is 2. The zero-order chi connectivity index (χ0) is 14.8. The third-order valence-electron chi connectivity index (χ3n) is 2.38. The minimum Gasteiger partial charge on any atom is -0.372 e. The van der Waals surface area contributed by atoms with Gasteiger partial charge in [-0.2, -0.15) is 0 Å². The Morgan fingerprint density at radius 2 is 1.79 bits per heavy atom. The van der Waals surface area contributed by atoms with E-state index >= 15 is 0 Å². The molecule has 0 saturated heterocycles. The van der Waals surface area contributed by atoms with Crippen molar-refractivity contribution in [1.82, 2.24) is 10.1 Å². The van der Waals surface area contributed by atoms with E-state index in [2.05, 4.69) is 23.9 Å². The molecule has 2 rings (SSSR count). The van der Waals surface area contributed by atoms with Gasteiger partial charge in [-0.15, -0.1) is 10.2 Å². The molecule has 10 heteroatoms. The molecule has 0 amide bonds. The minimum atomic E-state index is -4.94. The van der Waals surface area contributed by atoms with E-state index in [-0.39, 0.29) is 0 Å². The number of nitrogens with zero attached hydrogens (tertiary/aromatic N) is 3. The highest BCUT2D eigenvalue weighted by molar-refractivity contribution is 7.19. The van der Waals surface area contributed by atoms with Crippen molar-refractivity contribution in [2.45, 2.75) is 27.2 Å². The fourth-order valence-corrected chi connectivity index (χ4v) is 2.46. The number of halogens is 1. The van der Waals surface area contributed by atoms with E-state index in [1.807, 2.05) is 11.4 Å². The number of anilines is 1. The molecule has 106 valence electrons. The van der Waals surface area contributed by atoms with Crippen molar-refractivity contribution in [3.8, 4) is 0 Å². The van der Waals surface area contributed by atoms with Gasteiger partial charge in [0.2, 0.25) is 5.13 Å². The number of rotatable bonds is 1. The number of fused-ring (bicyclic) bond motifs is 1. The number of aromatic nitrogens is 3. The molecule has 0 unspecified atom stereocenters. The molecule has 0 spiro atoms. The van der Waals surface area contributed by atoms with E-state index in [9.17, 15) is 0 Å². The van der Waals surface area contributed by atoms with Crippen LogP contribution in [0.2, 0.25) is 0 Å². The van der Waals surface area contributed by atoms with Crippen LogP contribution in [-0.4, -0.2) is 10.1 Å². The van der Waals surface area contributed by atoms with Gasteiger partial charge in [0.15, 0.2) is 5.69 Å². The number of hydrogen-bond acceptors (Lipinski definition) is 8. The Hall–Kier alpha value is -1.10. The van der Waals surface area contributed by atoms with E-state index in [1.165, 1.54) is 16.9 Å². The van der Waals surface area contributed by atoms with Crippen LogP contribution < -0.4 is 28.9 Å². The summed E-state index contributed by atoms with van der Waals surface area (Å²) >= 11 is 1.42. The molecule has 0 saturated carbocycles. The SMILES string of the molecule is CCc1c(C)nc2sc(N)n[n+]2c1C.[O-][Cl+3]([O-])([O-])[O-]. The third kappa shape index (κ3) is 4.49. The Morgan fingerprint density at radius 1 is 1.26 bits per heavy atom. The summed E-state index contributed by atoms with van der Waals surface area (Å²) in [7, 11) is -4.94. The molecular formula is C9H13ClN4O4S. The molecule has 0 aliphatic heterocycles. The summed E-state index contributed by atoms with van der Waals surface area (Å²) in [6.45, 7) is 6.21. The molecule has 8 nitrogen and oxygen atoms in total. The van der Waals surface area contributed by atoms with Crippen molar-refractivity contribution in [2.75, 3.05) is 5.73 Å². The van der Waals surface area contributed by atoms with Gasteiger partial charge in [0, 0.05) is 19.4 Å². The lowest BCUT2D eigenvalue weighted by Gasteiger charge is -2.17. The van der Waals surface area contributed by atoms with Gasteiger partial charge in [-0.3, -0.25) is 0 Å². The van der Waals surface area contributed by atoms with E-state index in [0.717, 1.165) is 22.8 Å². The molecule has 0 bridgehead atoms. The van der Waals surface area contributed by atoms with Gasteiger partial charge < -0.3 is 5.73 Å². The smallest absolute Gasteiger partial charge is 0.372 e. The van der Waals surface area contributed by atoms with E-state index in [4.69, 9.17) is 24.4 Å². The maximum absolute atomic E-state index is 8.49. The zero-order valence-corrected chi connectivity index (χ0v) is 12.1. The number of hydrogen-bond donors (Lipinski definition) is 1. The van der Waals surface area contributed by atoms with Gasteiger partial charge >= 0.3 is 4.96 Å². The van der Waals surface area contributed by atoms with Crippen LogP contribution in [-0.2, 0) is 6.42 Å². The molecule has 2 aromatic heterocycles. The number of nitrogen functional groups attached to an aromatic ring is 1. The van der Waals surface area contributed by atoms with Crippen molar-refractivity contribution in [2.24, 2.45) is 0 Å². The molecule has 0 atom stereocenters. The molecule has 2 heterocycles. The second kappa shape index (κ2) is 5.90. The van der Waals surface area contributed by atoms with E-state index in [0.29, 0.717) is 5.13 Å². The summed E-state index contributed by atoms with van der Waals surface area (Å²) < 4.78 is 35.8. The monoisotopic (exact) mass is 308 g/mol. The molecular weight excluding hydrogens is 296 g/mol. The van der Waals surface area contributed by atoms with Crippen LogP contribution in [0.1, 0.15) is 23.9 Å². The summed E-state index contributed by atoms with van der Waals surface area (Å²) in [5.74, 6) is 0. The predicted octanol–water partition coefficient (Wildman–Crippen LogP) is -3.72. The summed E-state index contributed by atoms with van der Waals surface area (Å²) in [4.78, 5) is 5.34. The van der Waals surface area contributed by atoms with Gasteiger partial charge in [0.25, 0.3) is 0 Å². The van der Waals surface area contributed by atoms with Gasteiger partial charge in [-0.05, 0) is 27.8 Å². The Kier molecular flexibility index (Phi) is 4.96. The fourth-order valence-electron chi connectivity index (χ4n) is 1.70. The standard InChI is InChI=1S/C9H13N4S.ClHO4/c1-4-7-5(2)11-9-13(6(7)3)12-8(10)14-9;2-1(3,4)5/h4H2,1-3H3,(H2,10,12);(H,2,3,4,5)/q+1;/p-1. The predicted molar refractivity (Wildman–Crippen MR) is 56.3 cm³/mol. The van der Waals surface area contributed by atoms with Crippen molar-refractivity contribution in [3.63, 3.8) is 0 Å². The Bertz CT molecular complexity index is 578. The fraction of sp³-hybridized carbons (Fsp3) is 0.444. The molecule has 0 aromatic carbocycles. The number of nitrogens with two attached hydrogens (primary N) is 1. The maximum Gasteiger partial charge on any atom is 0.411 e. The average Bonchev–Trinajstić information content (AvgIpc) is 2.57. The first kappa shape index (κ1) is 16.0. The summed E-state index contributed by atoms with van der Waals surface area (Å²) in [6.07, 6.45) is 0.977. The summed E-state index contributed by atoms with van der Waals surface area (Å²) in [6, 6.07) is 0.